The maximum Gasteiger partial charge on any atom is 0.387 e. The molecule has 0 radical (unpaired) electrons. The van der Waals surface area contributed by atoms with Gasteiger partial charge in [0.15, 0.2) is 0 Å². The Morgan fingerprint density at radius 3 is 2.90 bits per heavy atom. The molecule has 0 unspecified atom stereocenters. The van der Waals surface area contributed by atoms with E-state index in [1.54, 1.807) is 23.5 Å². The highest BCUT2D eigenvalue weighted by Gasteiger charge is 2.08. The van der Waals surface area contributed by atoms with Crippen LogP contribution < -0.4 is 10.1 Å². The van der Waals surface area contributed by atoms with Gasteiger partial charge in [0, 0.05) is 23.9 Å². The largest absolute Gasteiger partial charge is 0.435 e. The molecule has 0 spiro atoms. The zero-order valence-electron chi connectivity index (χ0n) is 10.8. The zero-order chi connectivity index (χ0) is 13.7. The van der Waals surface area contributed by atoms with Gasteiger partial charge in [0.25, 0.3) is 0 Å². The van der Waals surface area contributed by atoms with E-state index in [2.05, 4.69) is 15.0 Å². The van der Waals surface area contributed by atoms with E-state index in [4.69, 9.17) is 0 Å². The van der Waals surface area contributed by atoms with Gasteiger partial charge in [0.2, 0.25) is 0 Å². The molecule has 20 heavy (non-hydrogen) atoms. The minimum absolute atomic E-state index is 0. The van der Waals surface area contributed by atoms with Crippen LogP contribution in [0.4, 0.5) is 8.78 Å². The maximum absolute atomic E-state index is 12.2. The second kappa shape index (κ2) is 8.14. The second-order valence-electron chi connectivity index (χ2n) is 3.89. The Bertz CT molecular complexity index is 537. The van der Waals surface area contributed by atoms with Crippen molar-refractivity contribution in [2.75, 3.05) is 13.6 Å². The van der Waals surface area contributed by atoms with Crippen molar-refractivity contribution in [3.05, 3.63) is 34.7 Å². The molecular weight excluding hydrogens is 306 g/mol. The van der Waals surface area contributed by atoms with Gasteiger partial charge in [-0.15, -0.1) is 23.7 Å². The van der Waals surface area contributed by atoms with Gasteiger partial charge in [0.1, 0.15) is 5.75 Å². The number of ether oxygens (including phenoxy) is 1. The molecular formula is C13H15ClF2N2OS. The molecule has 0 fully saturated rings. The third kappa shape index (κ3) is 4.70. The van der Waals surface area contributed by atoms with E-state index in [1.165, 1.54) is 6.07 Å². The van der Waals surface area contributed by atoms with Crippen LogP contribution in [0.25, 0.3) is 11.3 Å². The topological polar surface area (TPSA) is 34.2 Å². The summed E-state index contributed by atoms with van der Waals surface area (Å²) in [5.41, 5.74) is 1.57. The number of halogens is 3. The number of thiazole rings is 1. The predicted molar refractivity (Wildman–Crippen MR) is 79.1 cm³/mol. The van der Waals surface area contributed by atoms with E-state index >= 15 is 0 Å². The molecule has 0 aliphatic carbocycles. The Hall–Kier alpha value is -1.24. The van der Waals surface area contributed by atoms with Crippen LogP contribution in [0.5, 0.6) is 5.75 Å². The van der Waals surface area contributed by atoms with E-state index in [1.807, 2.05) is 18.5 Å². The van der Waals surface area contributed by atoms with Gasteiger partial charge in [-0.05, 0) is 19.2 Å². The molecule has 0 aliphatic rings. The molecule has 3 nitrogen and oxygen atoms in total. The fourth-order valence-electron chi connectivity index (χ4n) is 1.62. The van der Waals surface area contributed by atoms with Gasteiger partial charge >= 0.3 is 6.61 Å². The Morgan fingerprint density at radius 1 is 1.40 bits per heavy atom. The minimum Gasteiger partial charge on any atom is -0.435 e. The normalized spacial score (nSPS) is 10.4. The fraction of sp³-hybridized carbons (Fsp3) is 0.308. The number of rotatable bonds is 6. The number of aromatic nitrogens is 1. The van der Waals surface area contributed by atoms with Crippen LogP contribution >= 0.6 is 23.7 Å². The lowest BCUT2D eigenvalue weighted by Gasteiger charge is -2.05. The number of alkyl halides is 2. The molecule has 1 N–H and O–H groups in total. The molecule has 0 saturated carbocycles. The van der Waals surface area contributed by atoms with Crippen LogP contribution in [0.15, 0.2) is 29.6 Å². The minimum atomic E-state index is -2.81. The number of benzene rings is 1. The van der Waals surface area contributed by atoms with E-state index in [-0.39, 0.29) is 18.2 Å². The van der Waals surface area contributed by atoms with Crippen molar-refractivity contribution in [2.45, 2.75) is 13.0 Å². The van der Waals surface area contributed by atoms with Gasteiger partial charge < -0.3 is 10.1 Å². The smallest absolute Gasteiger partial charge is 0.387 e. The van der Waals surface area contributed by atoms with Crippen LogP contribution in [0, 0.1) is 0 Å². The van der Waals surface area contributed by atoms with Crippen molar-refractivity contribution in [2.24, 2.45) is 0 Å². The number of nitrogens with one attached hydrogen (secondary N) is 1. The summed E-state index contributed by atoms with van der Waals surface area (Å²) in [6.07, 6.45) is 0.856. The lowest BCUT2D eigenvalue weighted by atomic mass is 10.2. The standard InChI is InChI=1S/C13H14F2N2OS.ClH/c1-16-6-5-12-17-11(8-19-12)9-3-2-4-10(7-9)18-13(14)15;/h2-4,7-8,13,16H,5-6H2,1H3;1H. The summed E-state index contributed by atoms with van der Waals surface area (Å²) in [7, 11) is 1.89. The Balaban J connectivity index is 0.00000200. The van der Waals surface area contributed by atoms with Crippen molar-refractivity contribution in [3.8, 4) is 17.0 Å². The Labute approximate surface area is 126 Å². The molecule has 1 aromatic heterocycles. The van der Waals surface area contributed by atoms with Crippen LogP contribution in [-0.2, 0) is 6.42 Å². The van der Waals surface area contributed by atoms with Gasteiger partial charge in [0.05, 0.1) is 10.7 Å². The Morgan fingerprint density at radius 2 is 2.20 bits per heavy atom. The SMILES string of the molecule is CNCCc1nc(-c2cccc(OC(F)F)c2)cs1.Cl. The third-order valence-electron chi connectivity index (χ3n) is 2.50. The van der Waals surface area contributed by atoms with Crippen LogP contribution in [0.2, 0.25) is 0 Å². The van der Waals surface area contributed by atoms with Crippen molar-refractivity contribution < 1.29 is 13.5 Å². The molecule has 0 amide bonds. The Kier molecular flexibility index (Phi) is 6.84. The molecule has 0 bridgehead atoms. The molecule has 2 rings (SSSR count). The van der Waals surface area contributed by atoms with Gasteiger partial charge in [-0.2, -0.15) is 8.78 Å². The maximum atomic E-state index is 12.2. The molecule has 110 valence electrons. The number of likely N-dealkylation sites (N-methyl/N-ethyl adjacent to an activating group) is 1. The van der Waals surface area contributed by atoms with Crippen LogP contribution in [0.3, 0.4) is 0 Å². The summed E-state index contributed by atoms with van der Waals surface area (Å²) in [6.45, 7) is -1.95. The first-order chi connectivity index (χ1) is 9.19. The average molecular weight is 321 g/mol. The van der Waals surface area contributed by atoms with Crippen LogP contribution in [-0.4, -0.2) is 25.2 Å². The highest BCUT2D eigenvalue weighted by atomic mass is 35.5. The predicted octanol–water partition coefficient (Wildman–Crippen LogP) is 3.60. The fourth-order valence-corrected chi connectivity index (χ4v) is 2.43. The number of nitrogens with zero attached hydrogens (tertiary/aromatic N) is 1. The molecule has 7 heteroatoms. The van der Waals surface area contributed by atoms with Crippen molar-refractivity contribution in [3.63, 3.8) is 0 Å². The summed E-state index contributed by atoms with van der Waals surface area (Å²) >= 11 is 1.56. The molecule has 1 heterocycles. The summed E-state index contributed by atoms with van der Waals surface area (Å²) in [4.78, 5) is 4.47. The summed E-state index contributed by atoms with van der Waals surface area (Å²) < 4.78 is 28.7. The van der Waals surface area contributed by atoms with Crippen molar-refractivity contribution in [1.82, 2.24) is 10.3 Å². The van der Waals surface area contributed by atoms with E-state index in [9.17, 15) is 8.78 Å². The van der Waals surface area contributed by atoms with E-state index in [0.717, 1.165) is 29.2 Å². The quantitative estimate of drug-likeness (QED) is 0.883. The summed E-state index contributed by atoms with van der Waals surface area (Å²) in [6, 6.07) is 6.59. The average Bonchev–Trinajstić information content (AvgIpc) is 2.84. The van der Waals surface area contributed by atoms with Crippen molar-refractivity contribution in [1.29, 1.82) is 0 Å². The first-order valence-electron chi connectivity index (χ1n) is 5.83. The molecule has 0 aliphatic heterocycles. The molecule has 0 atom stereocenters. The first kappa shape index (κ1) is 16.8. The first-order valence-corrected chi connectivity index (χ1v) is 6.71. The third-order valence-corrected chi connectivity index (χ3v) is 3.40. The summed E-state index contributed by atoms with van der Waals surface area (Å²) in [5.74, 6) is 0.150. The molecule has 1 aromatic carbocycles. The lowest BCUT2D eigenvalue weighted by Crippen LogP contribution is -2.09. The second-order valence-corrected chi connectivity index (χ2v) is 4.83. The number of hydrogen-bond donors (Lipinski definition) is 1. The highest BCUT2D eigenvalue weighted by molar-refractivity contribution is 7.09. The monoisotopic (exact) mass is 320 g/mol. The van der Waals surface area contributed by atoms with Crippen LogP contribution in [0.1, 0.15) is 5.01 Å². The van der Waals surface area contributed by atoms with Gasteiger partial charge in [-0.25, -0.2) is 4.98 Å². The van der Waals surface area contributed by atoms with Gasteiger partial charge in [-0.1, -0.05) is 12.1 Å². The molecule has 2 aromatic rings. The van der Waals surface area contributed by atoms with E-state index in [0.29, 0.717) is 0 Å². The van der Waals surface area contributed by atoms with Gasteiger partial charge in [-0.3, -0.25) is 0 Å². The molecule has 0 saturated heterocycles. The van der Waals surface area contributed by atoms with E-state index < -0.39 is 6.61 Å². The highest BCUT2D eigenvalue weighted by Crippen LogP contribution is 2.26. The lowest BCUT2D eigenvalue weighted by molar-refractivity contribution is -0.0498. The number of hydrogen-bond acceptors (Lipinski definition) is 4. The zero-order valence-corrected chi connectivity index (χ0v) is 12.4. The van der Waals surface area contributed by atoms with Crippen molar-refractivity contribution >= 4 is 23.7 Å². The summed E-state index contributed by atoms with van der Waals surface area (Å²) in [5, 5.41) is 6.00.